The lowest BCUT2D eigenvalue weighted by atomic mass is 9.72. The third-order valence-electron chi connectivity index (χ3n) is 16.9. The number of rotatable bonds is 29. The van der Waals surface area contributed by atoms with E-state index in [1.165, 1.54) is 31.8 Å². The van der Waals surface area contributed by atoms with Gasteiger partial charge in [-0.1, -0.05) is 152 Å². The standard InChI is InChI=1S/C63H104O14Si/c1-17-18-19-20-24-28-55(65)74-58-48(38-56(66)69-14)37-51(76-63(58,68)61(12,13)33-25-34-64)39-53(46(5)71-43-47-26-22-21-23-27-47)73-57(67)41-50(77-78(15,16)60(9,10)11)31-35-70-54(59(6,7)8)40-49-32-36-72-62(75-49)42-45(4)29-30-52(62)44(2)3/h21-23,25-27,33-34,38,44-46,49-54,58,68H,17-20,24,28-32,35-37,39-43H2,1-16H3/b33-25+,48-38+/t45-,46-,49+,50-,51+,52+,53-,54+,58+,62?,63-/m1/s1. The molecule has 1 aromatic carbocycles. The first-order valence-electron chi connectivity index (χ1n) is 29.5. The smallest absolute Gasteiger partial charge is 0.330 e. The molecule has 4 rings (SSSR count). The molecule has 1 aromatic rings. The third kappa shape index (κ3) is 19.7. The van der Waals surface area contributed by atoms with Gasteiger partial charge in [-0.15, -0.1) is 0 Å². The fourth-order valence-electron chi connectivity index (χ4n) is 11.0. The molecule has 11 atom stereocenters. The fourth-order valence-corrected chi connectivity index (χ4v) is 12.4. The number of hydrogen-bond acceptors (Lipinski definition) is 14. The minimum absolute atomic E-state index is 0.000483. The van der Waals surface area contributed by atoms with Gasteiger partial charge in [0.25, 0.3) is 0 Å². The molecule has 444 valence electrons. The highest BCUT2D eigenvalue weighted by Gasteiger charge is 2.58. The molecule has 0 bridgehead atoms. The van der Waals surface area contributed by atoms with Crippen molar-refractivity contribution in [3.63, 3.8) is 0 Å². The predicted molar refractivity (Wildman–Crippen MR) is 307 cm³/mol. The van der Waals surface area contributed by atoms with E-state index in [1.807, 2.05) is 37.3 Å². The van der Waals surface area contributed by atoms with Gasteiger partial charge in [0.2, 0.25) is 5.79 Å². The van der Waals surface area contributed by atoms with Crippen molar-refractivity contribution in [3.8, 4) is 0 Å². The van der Waals surface area contributed by atoms with Crippen molar-refractivity contribution in [2.75, 3.05) is 20.3 Å². The molecule has 0 radical (unpaired) electrons. The molecule has 15 heteroatoms. The number of carbonyl (C=O) groups is 4. The SMILES string of the molecule is CCCCCCCC(=O)O[C@H]1/C(=C/C(=O)OC)C[C@@H](C[C@@H](OC(=O)C[C@@H](CCO[C@@H](C[C@@H]2CCOC3(C[C@H](C)CC[C@H]3C(C)C)O2)C(C)(C)C)O[Si](C)(C)C(C)(C)C)[C@@H](C)OCc2ccccc2)O[C@@]1(O)C(C)(C)/C=C/C=O. The van der Waals surface area contributed by atoms with E-state index in [1.54, 1.807) is 13.8 Å². The van der Waals surface area contributed by atoms with Crippen LogP contribution in [0.3, 0.4) is 0 Å². The summed E-state index contributed by atoms with van der Waals surface area (Å²) in [4.78, 5) is 53.1. The van der Waals surface area contributed by atoms with Gasteiger partial charge in [-0.3, -0.25) is 14.4 Å². The highest BCUT2D eigenvalue weighted by Crippen LogP contribution is 2.49. The highest BCUT2D eigenvalue weighted by molar-refractivity contribution is 6.74. The zero-order chi connectivity index (χ0) is 58.1. The number of hydrogen-bond donors (Lipinski definition) is 1. The summed E-state index contributed by atoms with van der Waals surface area (Å²) in [6.45, 7) is 32.8. The second kappa shape index (κ2) is 30.1. The molecule has 1 spiro atoms. The fraction of sp³-hybridized carbons (Fsp3) is 0.778. The highest BCUT2D eigenvalue weighted by atomic mass is 28.4. The van der Waals surface area contributed by atoms with Crippen LogP contribution in [0.25, 0.3) is 0 Å². The Morgan fingerprint density at radius 2 is 1.58 bits per heavy atom. The lowest BCUT2D eigenvalue weighted by Gasteiger charge is -2.52. The molecule has 14 nitrogen and oxygen atoms in total. The average molecular weight is 1110 g/mol. The van der Waals surface area contributed by atoms with Gasteiger partial charge in [0, 0.05) is 49.7 Å². The molecule has 3 aliphatic rings. The lowest BCUT2D eigenvalue weighted by molar-refractivity contribution is -0.342. The Morgan fingerprint density at radius 3 is 2.21 bits per heavy atom. The summed E-state index contributed by atoms with van der Waals surface area (Å²) >= 11 is 0. The molecule has 78 heavy (non-hydrogen) atoms. The molecule has 1 unspecified atom stereocenters. The average Bonchev–Trinajstić information content (AvgIpc) is 3.36. The zero-order valence-electron chi connectivity index (χ0n) is 51.0. The van der Waals surface area contributed by atoms with Crippen molar-refractivity contribution in [2.45, 2.75) is 265 Å². The minimum atomic E-state index is -2.45. The molecule has 2 aliphatic heterocycles. The van der Waals surface area contributed by atoms with E-state index >= 15 is 0 Å². The van der Waals surface area contributed by atoms with Crippen LogP contribution >= 0.6 is 0 Å². The number of unbranched alkanes of at least 4 members (excludes halogenated alkanes) is 4. The maximum atomic E-state index is 14.7. The number of aldehydes is 1. The van der Waals surface area contributed by atoms with E-state index < -0.39 is 73.7 Å². The van der Waals surface area contributed by atoms with Crippen molar-refractivity contribution in [1.29, 1.82) is 0 Å². The topological polar surface area (TPSA) is 172 Å². The number of carbonyl (C=O) groups excluding carboxylic acids is 4. The van der Waals surface area contributed by atoms with Crippen molar-refractivity contribution < 1.29 is 66.6 Å². The largest absolute Gasteiger partial charge is 0.466 e. The van der Waals surface area contributed by atoms with Gasteiger partial charge in [0.1, 0.15) is 12.4 Å². The van der Waals surface area contributed by atoms with Crippen LogP contribution in [0, 0.1) is 28.6 Å². The third-order valence-corrected chi connectivity index (χ3v) is 21.4. The summed E-state index contributed by atoms with van der Waals surface area (Å²) in [5.74, 6) is -3.39. The molecule has 2 heterocycles. The van der Waals surface area contributed by atoms with Crippen molar-refractivity contribution >= 4 is 32.5 Å². The molecular weight excluding hydrogens is 1010 g/mol. The van der Waals surface area contributed by atoms with Gasteiger partial charge in [0.05, 0.1) is 57.3 Å². The Hall–Kier alpha value is -3.28. The summed E-state index contributed by atoms with van der Waals surface area (Å²) in [6, 6.07) is 9.67. The zero-order valence-corrected chi connectivity index (χ0v) is 52.0. The Balaban J connectivity index is 1.64. The van der Waals surface area contributed by atoms with Gasteiger partial charge >= 0.3 is 17.9 Å². The van der Waals surface area contributed by atoms with Gasteiger partial charge < -0.3 is 47.4 Å². The number of ether oxygens (including phenoxy) is 8. The van der Waals surface area contributed by atoms with Crippen LogP contribution in [-0.2, 0) is 68.1 Å². The first kappa shape index (κ1) is 67.2. The van der Waals surface area contributed by atoms with E-state index in [-0.39, 0.29) is 60.5 Å². The van der Waals surface area contributed by atoms with Gasteiger partial charge in [0.15, 0.2) is 20.2 Å². The van der Waals surface area contributed by atoms with E-state index in [0.29, 0.717) is 56.5 Å². The molecule has 0 amide bonds. The Morgan fingerprint density at radius 1 is 0.885 bits per heavy atom. The van der Waals surface area contributed by atoms with E-state index in [4.69, 9.17) is 42.3 Å². The van der Waals surface area contributed by atoms with E-state index in [0.717, 1.165) is 50.5 Å². The number of allylic oxidation sites excluding steroid dienone is 1. The Labute approximate surface area is 471 Å². The Bertz CT molecular complexity index is 2070. The van der Waals surface area contributed by atoms with Gasteiger partial charge in [-0.2, -0.15) is 0 Å². The van der Waals surface area contributed by atoms with Gasteiger partial charge in [-0.25, -0.2) is 4.79 Å². The summed E-state index contributed by atoms with van der Waals surface area (Å²) in [5.41, 5.74) is -0.415. The number of benzene rings is 1. The molecule has 3 fully saturated rings. The van der Waals surface area contributed by atoms with E-state index in [2.05, 4.69) is 82.3 Å². The predicted octanol–water partition coefficient (Wildman–Crippen LogP) is 13.1. The first-order chi connectivity index (χ1) is 36.5. The monoisotopic (exact) mass is 1110 g/mol. The molecule has 0 aromatic heterocycles. The first-order valence-corrected chi connectivity index (χ1v) is 32.4. The number of aliphatic hydroxyl groups is 1. The summed E-state index contributed by atoms with van der Waals surface area (Å²) in [7, 11) is -1.21. The molecule has 1 saturated carbocycles. The van der Waals surface area contributed by atoms with Crippen LogP contribution in [0.4, 0.5) is 0 Å². The lowest BCUT2D eigenvalue weighted by Crippen LogP contribution is -2.62. The summed E-state index contributed by atoms with van der Waals surface area (Å²) < 4.78 is 58.4. The van der Waals surface area contributed by atoms with Crippen LogP contribution in [0.5, 0.6) is 0 Å². The van der Waals surface area contributed by atoms with E-state index in [9.17, 15) is 24.3 Å². The van der Waals surface area contributed by atoms with Crippen LogP contribution in [-0.4, -0.2) is 112 Å². The van der Waals surface area contributed by atoms with Crippen molar-refractivity contribution in [3.05, 3.63) is 59.7 Å². The summed E-state index contributed by atoms with van der Waals surface area (Å²) in [5, 5.41) is 12.7. The molecule has 2 saturated heterocycles. The quantitative estimate of drug-likeness (QED) is 0.0201. The van der Waals surface area contributed by atoms with Crippen molar-refractivity contribution in [2.24, 2.45) is 28.6 Å². The molecule has 1 aliphatic carbocycles. The second-order valence-corrected chi connectivity index (χ2v) is 31.0. The minimum Gasteiger partial charge on any atom is -0.466 e. The maximum absolute atomic E-state index is 14.7. The van der Waals surface area contributed by atoms with Crippen LogP contribution in [0.15, 0.2) is 54.1 Å². The maximum Gasteiger partial charge on any atom is 0.330 e. The number of esters is 3. The van der Waals surface area contributed by atoms with Crippen LogP contribution < -0.4 is 0 Å². The van der Waals surface area contributed by atoms with Gasteiger partial charge in [-0.05, 0) is 91.6 Å². The normalized spacial score (nSPS) is 26.6. The second-order valence-electron chi connectivity index (χ2n) is 26.3. The Kier molecular flexibility index (Phi) is 26.0. The summed E-state index contributed by atoms with van der Waals surface area (Å²) in [6.07, 6.45) is 9.45. The van der Waals surface area contributed by atoms with Crippen molar-refractivity contribution in [1.82, 2.24) is 0 Å². The number of methoxy groups -OCH3 is 1. The molecule has 1 N–H and O–H groups in total. The molecular formula is C63H104O14Si. The van der Waals surface area contributed by atoms with Crippen LogP contribution in [0.1, 0.15) is 192 Å². The van der Waals surface area contributed by atoms with Crippen LogP contribution in [0.2, 0.25) is 18.1 Å².